The zero-order chi connectivity index (χ0) is 23.7. The fraction of sp³-hybridized carbons (Fsp3) is 0.737. The number of nitrogens with zero attached hydrogens (tertiary/aromatic N) is 1. The van der Waals surface area contributed by atoms with Gasteiger partial charge in [-0.25, -0.2) is 4.79 Å². The lowest BCUT2D eigenvalue weighted by molar-refractivity contribution is -0.149. The van der Waals surface area contributed by atoms with E-state index in [1.165, 1.54) is 4.90 Å². The highest BCUT2D eigenvalue weighted by atomic mass is 32.1. The summed E-state index contributed by atoms with van der Waals surface area (Å²) in [5.41, 5.74) is 5.84. The molecule has 1 fully saturated rings. The Bertz CT molecular complexity index is 688. The van der Waals surface area contributed by atoms with Gasteiger partial charge >= 0.3 is 11.9 Å². The normalized spacial score (nSPS) is 18.9. The largest absolute Gasteiger partial charge is 0.481 e. The molecule has 1 heterocycles. The summed E-state index contributed by atoms with van der Waals surface area (Å²) in [5.74, 6) is -4.18. The molecule has 0 bridgehead atoms. The number of nitrogens with two attached hydrogens (primary N) is 1. The first-order valence-electron chi connectivity index (χ1n) is 10.2. The van der Waals surface area contributed by atoms with Crippen LogP contribution in [0, 0.1) is 5.92 Å². The molecule has 11 nitrogen and oxygen atoms in total. The molecule has 3 amide bonds. The smallest absolute Gasteiger partial charge is 0.326 e. The van der Waals surface area contributed by atoms with Crippen LogP contribution in [0.25, 0.3) is 0 Å². The second-order valence-corrected chi connectivity index (χ2v) is 8.37. The molecule has 4 atom stereocenters. The average Bonchev–Trinajstić information content (AvgIpc) is 3.17. The lowest BCUT2D eigenvalue weighted by Crippen LogP contribution is -2.57. The van der Waals surface area contributed by atoms with Gasteiger partial charge in [-0.1, -0.05) is 13.8 Å². The second-order valence-electron chi connectivity index (χ2n) is 8.00. The van der Waals surface area contributed by atoms with E-state index in [0.29, 0.717) is 19.3 Å². The van der Waals surface area contributed by atoms with Gasteiger partial charge in [0.25, 0.3) is 0 Å². The maximum absolute atomic E-state index is 12.8. The number of nitrogens with one attached hydrogen (secondary N) is 2. The molecule has 176 valence electrons. The number of aliphatic carboxylic acids is 2. The summed E-state index contributed by atoms with van der Waals surface area (Å²) < 4.78 is 0. The highest BCUT2D eigenvalue weighted by molar-refractivity contribution is 7.80. The molecule has 12 heteroatoms. The molecule has 1 aliphatic heterocycles. The third-order valence-electron chi connectivity index (χ3n) is 4.96. The van der Waals surface area contributed by atoms with Gasteiger partial charge in [-0.3, -0.25) is 19.2 Å². The molecule has 0 radical (unpaired) electrons. The number of carbonyl (C=O) groups excluding carboxylic acids is 3. The first-order chi connectivity index (χ1) is 14.5. The number of amides is 3. The average molecular weight is 461 g/mol. The summed E-state index contributed by atoms with van der Waals surface area (Å²) in [4.78, 5) is 61.4. The molecule has 0 aromatic heterocycles. The van der Waals surface area contributed by atoms with Crippen molar-refractivity contribution < 1.29 is 34.2 Å². The quantitative estimate of drug-likeness (QED) is 0.205. The van der Waals surface area contributed by atoms with Crippen molar-refractivity contribution in [1.29, 1.82) is 0 Å². The monoisotopic (exact) mass is 460 g/mol. The molecule has 0 spiro atoms. The van der Waals surface area contributed by atoms with E-state index in [0.717, 1.165) is 0 Å². The molecule has 6 N–H and O–H groups in total. The van der Waals surface area contributed by atoms with Gasteiger partial charge in [-0.05, 0) is 31.6 Å². The minimum Gasteiger partial charge on any atom is -0.481 e. The third kappa shape index (κ3) is 8.37. The van der Waals surface area contributed by atoms with E-state index in [-0.39, 0.29) is 31.1 Å². The molecule has 0 aromatic rings. The van der Waals surface area contributed by atoms with E-state index < -0.39 is 53.8 Å². The molecule has 0 aliphatic carbocycles. The number of carboxylic acid groups (broad SMARTS) is 2. The van der Waals surface area contributed by atoms with Crippen LogP contribution in [0.15, 0.2) is 0 Å². The van der Waals surface area contributed by atoms with Crippen molar-refractivity contribution in [3.8, 4) is 0 Å². The summed E-state index contributed by atoms with van der Waals surface area (Å²) in [5, 5.41) is 23.1. The van der Waals surface area contributed by atoms with Crippen LogP contribution in [-0.2, 0) is 24.0 Å². The number of rotatable bonds is 12. The van der Waals surface area contributed by atoms with Crippen LogP contribution in [0.3, 0.4) is 0 Å². The van der Waals surface area contributed by atoms with Gasteiger partial charge in [-0.2, -0.15) is 12.6 Å². The molecule has 1 rings (SSSR count). The van der Waals surface area contributed by atoms with E-state index in [9.17, 15) is 29.1 Å². The zero-order valence-corrected chi connectivity index (χ0v) is 18.6. The van der Waals surface area contributed by atoms with Gasteiger partial charge in [0, 0.05) is 18.7 Å². The van der Waals surface area contributed by atoms with Crippen molar-refractivity contribution in [3.05, 3.63) is 0 Å². The Kier molecular flexibility index (Phi) is 10.8. The Morgan fingerprint density at radius 2 is 1.71 bits per heavy atom. The van der Waals surface area contributed by atoms with Crippen LogP contribution in [0.2, 0.25) is 0 Å². The zero-order valence-electron chi connectivity index (χ0n) is 17.7. The predicted molar refractivity (Wildman–Crippen MR) is 114 cm³/mol. The van der Waals surface area contributed by atoms with E-state index in [4.69, 9.17) is 10.8 Å². The van der Waals surface area contributed by atoms with Gasteiger partial charge in [0.1, 0.15) is 18.1 Å². The second kappa shape index (κ2) is 12.5. The minimum atomic E-state index is -1.22. The molecule has 0 aromatic carbocycles. The van der Waals surface area contributed by atoms with Crippen LogP contribution in [0.5, 0.6) is 0 Å². The summed E-state index contributed by atoms with van der Waals surface area (Å²) in [6.07, 6.45) is 0.642. The lowest BCUT2D eigenvalue weighted by Gasteiger charge is -2.28. The van der Waals surface area contributed by atoms with Crippen molar-refractivity contribution in [2.45, 2.75) is 70.1 Å². The SMILES string of the molecule is CC(C)CC(N)C(=O)NC(CCC(=O)O)C(=O)NC(CS)C(=O)N1CCCC1C(=O)O. The Morgan fingerprint density at radius 3 is 2.23 bits per heavy atom. The fourth-order valence-corrected chi connectivity index (χ4v) is 3.62. The van der Waals surface area contributed by atoms with Crippen LogP contribution < -0.4 is 16.4 Å². The van der Waals surface area contributed by atoms with Crippen LogP contribution in [0.1, 0.15) is 46.0 Å². The van der Waals surface area contributed by atoms with E-state index in [1.54, 1.807) is 0 Å². The standard InChI is InChI=1S/C19H32N4O7S/c1-10(2)8-11(20)16(26)21-12(5-6-15(24)25)17(27)22-13(9-31)18(28)23-7-3-4-14(23)19(29)30/h10-14,31H,3-9,20H2,1-2H3,(H,21,26)(H,22,27)(H,24,25)(H,29,30). The lowest BCUT2D eigenvalue weighted by atomic mass is 10.0. The summed E-state index contributed by atoms with van der Waals surface area (Å²) in [6.45, 7) is 4.01. The predicted octanol–water partition coefficient (Wildman–Crippen LogP) is -0.800. The Morgan fingerprint density at radius 1 is 1.10 bits per heavy atom. The highest BCUT2D eigenvalue weighted by Gasteiger charge is 2.38. The van der Waals surface area contributed by atoms with E-state index in [1.807, 2.05) is 13.8 Å². The molecule has 1 saturated heterocycles. The number of likely N-dealkylation sites (tertiary alicyclic amines) is 1. The Hall–Kier alpha value is -2.34. The molecule has 4 unspecified atom stereocenters. The fourth-order valence-electron chi connectivity index (χ4n) is 3.38. The van der Waals surface area contributed by atoms with Crippen LogP contribution in [-0.4, -0.2) is 81.2 Å². The number of carboxylic acids is 2. The summed E-state index contributed by atoms with van der Waals surface area (Å²) >= 11 is 4.09. The maximum Gasteiger partial charge on any atom is 0.326 e. The number of thiol groups is 1. The summed E-state index contributed by atoms with van der Waals surface area (Å²) in [6, 6.07) is -4.18. The van der Waals surface area contributed by atoms with Gasteiger partial charge in [0.15, 0.2) is 0 Å². The van der Waals surface area contributed by atoms with Gasteiger partial charge in [0.05, 0.1) is 6.04 Å². The van der Waals surface area contributed by atoms with E-state index >= 15 is 0 Å². The maximum atomic E-state index is 12.8. The van der Waals surface area contributed by atoms with Crippen LogP contribution >= 0.6 is 12.6 Å². The Balaban J connectivity index is 2.88. The van der Waals surface area contributed by atoms with Crippen molar-refractivity contribution in [1.82, 2.24) is 15.5 Å². The number of hydrogen-bond acceptors (Lipinski definition) is 7. The first kappa shape index (κ1) is 26.7. The topological polar surface area (TPSA) is 179 Å². The highest BCUT2D eigenvalue weighted by Crippen LogP contribution is 2.19. The van der Waals surface area contributed by atoms with E-state index in [2.05, 4.69) is 23.3 Å². The minimum absolute atomic E-state index is 0.0973. The Labute approximate surface area is 186 Å². The van der Waals surface area contributed by atoms with Gasteiger partial charge < -0.3 is 31.5 Å². The molecule has 0 saturated carbocycles. The number of hydrogen-bond donors (Lipinski definition) is 6. The number of carbonyl (C=O) groups is 5. The third-order valence-corrected chi connectivity index (χ3v) is 5.33. The van der Waals surface area contributed by atoms with Gasteiger partial charge in [-0.15, -0.1) is 0 Å². The molecule has 31 heavy (non-hydrogen) atoms. The summed E-state index contributed by atoms with van der Waals surface area (Å²) in [7, 11) is 0. The van der Waals surface area contributed by atoms with Gasteiger partial charge in [0.2, 0.25) is 17.7 Å². The molecular formula is C19H32N4O7S. The van der Waals surface area contributed by atoms with Crippen molar-refractivity contribution >= 4 is 42.3 Å². The first-order valence-corrected chi connectivity index (χ1v) is 10.8. The molecular weight excluding hydrogens is 428 g/mol. The van der Waals surface area contributed by atoms with Crippen molar-refractivity contribution in [2.75, 3.05) is 12.3 Å². The molecule has 1 aliphatic rings. The van der Waals surface area contributed by atoms with Crippen LogP contribution in [0.4, 0.5) is 0 Å². The van der Waals surface area contributed by atoms with Crippen molar-refractivity contribution in [2.24, 2.45) is 11.7 Å². The van der Waals surface area contributed by atoms with Crippen molar-refractivity contribution in [3.63, 3.8) is 0 Å².